The SMILES string of the molecule is CCOc1cc([C@@H]2CN(C)[C@@]3(C(=O)Nc4ccccc43)[C@@H]2[N+](=O)[O-])cc(Br)c1OCc1ccc(Cl)c(Cl)c1. The molecule has 1 amide bonds. The lowest BCUT2D eigenvalue weighted by Gasteiger charge is -2.30. The fourth-order valence-electron chi connectivity index (χ4n) is 5.57. The van der Waals surface area contributed by atoms with E-state index in [1.54, 1.807) is 60.5 Å². The molecule has 198 valence electrons. The smallest absolute Gasteiger partial charge is 0.256 e. The number of ether oxygens (including phenoxy) is 2. The molecule has 1 spiro atoms. The Bertz CT molecular complexity index is 1440. The summed E-state index contributed by atoms with van der Waals surface area (Å²) in [4.78, 5) is 27.5. The van der Waals surface area contributed by atoms with E-state index in [1.807, 2.05) is 13.0 Å². The number of halogens is 3. The van der Waals surface area contributed by atoms with E-state index in [0.717, 1.165) is 5.56 Å². The summed E-state index contributed by atoms with van der Waals surface area (Å²) in [7, 11) is 1.76. The van der Waals surface area contributed by atoms with Gasteiger partial charge in [-0.2, -0.15) is 0 Å². The molecule has 0 saturated carbocycles. The molecule has 2 aliphatic heterocycles. The Balaban J connectivity index is 1.53. The fourth-order valence-corrected chi connectivity index (χ4v) is 6.46. The minimum atomic E-state index is -1.42. The zero-order valence-corrected chi connectivity index (χ0v) is 23.6. The minimum Gasteiger partial charge on any atom is -0.490 e. The van der Waals surface area contributed by atoms with Crippen molar-refractivity contribution in [3.05, 3.63) is 95.9 Å². The van der Waals surface area contributed by atoms with Crippen molar-refractivity contribution in [3.63, 3.8) is 0 Å². The number of nitrogens with one attached hydrogen (secondary N) is 1. The molecule has 5 rings (SSSR count). The van der Waals surface area contributed by atoms with Gasteiger partial charge in [0, 0.05) is 22.7 Å². The number of carbonyl (C=O) groups is 1. The molecule has 0 aromatic heterocycles. The molecule has 1 N–H and O–H groups in total. The summed E-state index contributed by atoms with van der Waals surface area (Å²) in [5.41, 5.74) is 1.27. The number of likely N-dealkylation sites (N-methyl/N-ethyl adjacent to an activating group) is 1. The van der Waals surface area contributed by atoms with E-state index < -0.39 is 23.4 Å². The largest absolute Gasteiger partial charge is 0.490 e. The Labute approximate surface area is 238 Å². The third-order valence-corrected chi connectivity index (χ3v) is 8.50. The second kappa shape index (κ2) is 10.4. The monoisotopic (exact) mass is 619 g/mol. The van der Waals surface area contributed by atoms with Gasteiger partial charge in [0.05, 0.1) is 27.0 Å². The topological polar surface area (TPSA) is 93.9 Å². The highest BCUT2D eigenvalue weighted by Crippen LogP contribution is 2.53. The highest BCUT2D eigenvalue weighted by atomic mass is 79.9. The molecule has 0 radical (unpaired) electrons. The van der Waals surface area contributed by atoms with Crippen LogP contribution in [0.15, 0.2) is 59.1 Å². The first-order valence-corrected chi connectivity index (χ1v) is 13.5. The van der Waals surface area contributed by atoms with Crippen LogP contribution in [0.25, 0.3) is 0 Å². The maximum absolute atomic E-state index is 13.4. The van der Waals surface area contributed by atoms with Crippen LogP contribution in [0.3, 0.4) is 0 Å². The van der Waals surface area contributed by atoms with E-state index in [9.17, 15) is 14.9 Å². The Hall–Kier alpha value is -2.85. The van der Waals surface area contributed by atoms with Gasteiger partial charge < -0.3 is 14.8 Å². The second-order valence-corrected chi connectivity index (χ2v) is 11.0. The van der Waals surface area contributed by atoms with Gasteiger partial charge in [-0.3, -0.25) is 19.8 Å². The van der Waals surface area contributed by atoms with Gasteiger partial charge in [0.25, 0.3) is 11.9 Å². The minimum absolute atomic E-state index is 0.207. The third-order valence-electron chi connectivity index (χ3n) is 7.17. The predicted octanol–water partition coefficient (Wildman–Crippen LogP) is 6.26. The number of nitrogens with zero attached hydrogens (tertiary/aromatic N) is 2. The van der Waals surface area contributed by atoms with Crippen molar-refractivity contribution in [1.29, 1.82) is 0 Å². The average molecular weight is 621 g/mol. The zero-order chi connectivity index (χ0) is 27.2. The molecule has 38 heavy (non-hydrogen) atoms. The van der Waals surface area contributed by atoms with Crippen molar-refractivity contribution >= 4 is 50.7 Å². The summed E-state index contributed by atoms with van der Waals surface area (Å²) in [5, 5.41) is 16.4. The van der Waals surface area contributed by atoms with Crippen molar-refractivity contribution in [2.75, 3.05) is 25.5 Å². The number of amides is 1. The van der Waals surface area contributed by atoms with Gasteiger partial charge in [-0.05, 0) is 71.4 Å². The van der Waals surface area contributed by atoms with E-state index in [0.29, 0.717) is 56.0 Å². The number of para-hydroxylation sites is 1. The van der Waals surface area contributed by atoms with Crippen LogP contribution < -0.4 is 14.8 Å². The van der Waals surface area contributed by atoms with Crippen molar-refractivity contribution in [1.82, 2.24) is 4.90 Å². The maximum Gasteiger partial charge on any atom is 0.256 e. The van der Waals surface area contributed by atoms with Crippen LogP contribution in [0.4, 0.5) is 5.69 Å². The molecule has 0 aliphatic carbocycles. The van der Waals surface area contributed by atoms with Crippen molar-refractivity contribution in [2.24, 2.45) is 0 Å². The van der Waals surface area contributed by atoms with Crippen LogP contribution in [-0.2, 0) is 16.9 Å². The summed E-state index contributed by atoms with van der Waals surface area (Å²) in [6.07, 6.45) is 0. The molecule has 2 aliphatic rings. The molecular formula is C27H24BrCl2N3O5. The summed E-state index contributed by atoms with van der Waals surface area (Å²) >= 11 is 15.7. The number of hydrogen-bond acceptors (Lipinski definition) is 6. The number of likely N-dealkylation sites (tertiary alicyclic amines) is 1. The number of benzene rings is 3. The van der Waals surface area contributed by atoms with Crippen molar-refractivity contribution in [3.8, 4) is 11.5 Å². The van der Waals surface area contributed by atoms with Crippen LogP contribution >= 0.6 is 39.1 Å². The average Bonchev–Trinajstić information content (AvgIpc) is 3.35. The van der Waals surface area contributed by atoms with Gasteiger partial charge in [-0.1, -0.05) is 47.5 Å². The number of nitro groups is 1. The quantitative estimate of drug-likeness (QED) is 0.248. The number of rotatable bonds is 7. The third kappa shape index (κ3) is 4.31. The molecular weight excluding hydrogens is 597 g/mol. The number of fused-ring (bicyclic) bond motifs is 2. The molecule has 8 nitrogen and oxygen atoms in total. The Morgan fingerprint density at radius 2 is 1.92 bits per heavy atom. The molecule has 1 fully saturated rings. The van der Waals surface area contributed by atoms with E-state index >= 15 is 0 Å². The van der Waals surface area contributed by atoms with Crippen molar-refractivity contribution in [2.45, 2.75) is 31.0 Å². The van der Waals surface area contributed by atoms with Gasteiger partial charge in [0.2, 0.25) is 0 Å². The Morgan fingerprint density at radius 1 is 1.16 bits per heavy atom. The Morgan fingerprint density at radius 3 is 2.63 bits per heavy atom. The molecule has 0 unspecified atom stereocenters. The highest BCUT2D eigenvalue weighted by Gasteiger charge is 2.68. The Kier molecular flexibility index (Phi) is 7.30. The van der Waals surface area contributed by atoms with Crippen LogP contribution in [0.2, 0.25) is 10.0 Å². The lowest BCUT2D eigenvalue weighted by atomic mass is 9.79. The molecule has 2 heterocycles. The van der Waals surface area contributed by atoms with Crippen LogP contribution in [0, 0.1) is 10.1 Å². The molecule has 0 bridgehead atoms. The van der Waals surface area contributed by atoms with Crippen LogP contribution in [0.5, 0.6) is 11.5 Å². The lowest BCUT2D eigenvalue weighted by molar-refractivity contribution is -0.534. The summed E-state index contributed by atoms with van der Waals surface area (Å²) in [6, 6.07) is 14.7. The van der Waals surface area contributed by atoms with E-state index in [1.165, 1.54) is 0 Å². The predicted molar refractivity (Wildman–Crippen MR) is 149 cm³/mol. The highest BCUT2D eigenvalue weighted by molar-refractivity contribution is 9.10. The molecule has 1 saturated heterocycles. The summed E-state index contributed by atoms with van der Waals surface area (Å²) in [5.74, 6) is -0.0779. The first-order chi connectivity index (χ1) is 18.2. The molecule has 3 atom stereocenters. The van der Waals surface area contributed by atoms with Crippen LogP contribution in [-0.4, -0.2) is 42.0 Å². The van der Waals surface area contributed by atoms with Crippen molar-refractivity contribution < 1.29 is 19.2 Å². The zero-order valence-electron chi connectivity index (χ0n) is 20.5. The normalized spacial score (nSPS) is 22.4. The standard InChI is InChI=1S/C27H24BrCl2N3O5/c1-3-37-23-12-16(11-19(28)24(23)38-14-15-8-9-20(29)21(30)10-15)17-13-32(2)27(25(17)33(35)36)18-6-4-5-7-22(18)31-26(27)34/h4-12,17,25H,3,13-14H2,1-2H3,(H,31,34)/t17-,25+,27+/m0/s1. The van der Waals surface area contributed by atoms with Gasteiger partial charge in [0.1, 0.15) is 6.61 Å². The van der Waals surface area contributed by atoms with Gasteiger partial charge in [-0.15, -0.1) is 0 Å². The molecule has 11 heteroatoms. The number of anilines is 1. The van der Waals surface area contributed by atoms with E-state index in [4.69, 9.17) is 32.7 Å². The molecule has 3 aromatic rings. The fraction of sp³-hybridized carbons (Fsp3) is 0.296. The first kappa shape index (κ1) is 26.7. The van der Waals surface area contributed by atoms with Gasteiger partial charge in [0.15, 0.2) is 17.0 Å². The van der Waals surface area contributed by atoms with Gasteiger partial charge >= 0.3 is 0 Å². The molecule has 3 aromatic carbocycles. The van der Waals surface area contributed by atoms with Crippen LogP contribution in [0.1, 0.15) is 29.5 Å². The first-order valence-electron chi connectivity index (χ1n) is 12.0. The lowest BCUT2D eigenvalue weighted by Crippen LogP contribution is -2.54. The number of carbonyl (C=O) groups excluding carboxylic acids is 1. The van der Waals surface area contributed by atoms with E-state index in [2.05, 4.69) is 21.2 Å². The summed E-state index contributed by atoms with van der Waals surface area (Å²) in [6.45, 7) is 2.72. The number of hydrogen-bond donors (Lipinski definition) is 1. The second-order valence-electron chi connectivity index (χ2n) is 9.28. The maximum atomic E-state index is 13.4. The summed E-state index contributed by atoms with van der Waals surface area (Å²) < 4.78 is 12.6. The van der Waals surface area contributed by atoms with Gasteiger partial charge in [-0.25, -0.2) is 0 Å². The van der Waals surface area contributed by atoms with E-state index in [-0.39, 0.29) is 11.5 Å².